The first-order chi connectivity index (χ1) is 18.4. The van der Waals surface area contributed by atoms with Gasteiger partial charge in [-0.2, -0.15) is 0 Å². The van der Waals surface area contributed by atoms with Crippen LogP contribution in [-0.2, 0) is 20.9 Å². The Morgan fingerprint density at radius 1 is 0.921 bits per heavy atom. The third-order valence-corrected chi connectivity index (χ3v) is 7.26. The minimum Gasteiger partial charge on any atom is -0.489 e. The van der Waals surface area contributed by atoms with Crippen LogP contribution >= 0.6 is 0 Å². The average molecular weight is 508 g/mol. The van der Waals surface area contributed by atoms with E-state index in [0.29, 0.717) is 36.5 Å². The van der Waals surface area contributed by atoms with Crippen molar-refractivity contribution in [2.45, 2.75) is 58.2 Å². The van der Waals surface area contributed by atoms with Gasteiger partial charge in [0, 0.05) is 34.9 Å². The maximum absolute atomic E-state index is 13.9. The highest BCUT2D eigenvalue weighted by Crippen LogP contribution is 2.48. The number of esters is 1. The van der Waals surface area contributed by atoms with Crippen molar-refractivity contribution in [3.8, 4) is 5.75 Å². The first kappa shape index (κ1) is 25.7. The van der Waals surface area contributed by atoms with Crippen LogP contribution in [0.1, 0.15) is 62.1 Å². The monoisotopic (exact) mass is 507 g/mol. The fraction of sp³-hybridized carbons (Fsp3) is 0.303. The van der Waals surface area contributed by atoms with E-state index in [4.69, 9.17) is 14.5 Å². The lowest BCUT2D eigenvalue weighted by Crippen LogP contribution is -2.39. The summed E-state index contributed by atoms with van der Waals surface area (Å²) < 4.78 is 12.0. The van der Waals surface area contributed by atoms with Crippen LogP contribution in [0.2, 0.25) is 0 Å². The number of Topliss-reactive ketones (excluding diaryl/α,β-unsaturated/α-hetero) is 1. The minimum absolute atomic E-state index is 0.0292. The number of hydrogen-bond acceptors (Lipinski definition) is 5. The van der Waals surface area contributed by atoms with Gasteiger partial charge in [0.2, 0.25) is 0 Å². The topological polar surface area (TPSA) is 65.0 Å². The van der Waals surface area contributed by atoms with E-state index in [9.17, 15) is 9.59 Å². The summed E-state index contributed by atoms with van der Waals surface area (Å²) in [6.45, 7) is 5.92. The second-order valence-corrected chi connectivity index (χ2v) is 10.3. The van der Waals surface area contributed by atoms with Gasteiger partial charge in [-0.05, 0) is 50.3 Å². The number of allylic oxidation sites excluding steroid dienone is 2. The van der Waals surface area contributed by atoms with Gasteiger partial charge in [-0.1, -0.05) is 78.9 Å². The number of carbonyl (C=O) groups excluding carboxylic acids is 2. The summed E-state index contributed by atoms with van der Waals surface area (Å²) in [5, 5.41) is 0. The Bertz CT molecular complexity index is 1370. The molecule has 0 fully saturated rings. The predicted molar refractivity (Wildman–Crippen MR) is 148 cm³/mol. The number of aliphatic imine (C=N–C) groups is 1. The van der Waals surface area contributed by atoms with Crippen molar-refractivity contribution in [2.24, 2.45) is 10.9 Å². The molecule has 5 rings (SSSR count). The summed E-state index contributed by atoms with van der Waals surface area (Å²) >= 11 is 0. The minimum atomic E-state index is -0.699. The highest BCUT2D eigenvalue weighted by atomic mass is 16.5. The molecule has 0 spiro atoms. The van der Waals surface area contributed by atoms with Gasteiger partial charge >= 0.3 is 5.97 Å². The Labute approximate surface area is 224 Å². The molecule has 0 saturated carbocycles. The standard InChI is InChI=1S/C33H33NO4/c1-21(2)38-33(36)30-22(3)34-27-18-25(24-14-8-5-9-15-24)19-28(35)32(27)31(30)26-16-10-11-17-29(26)37-20-23-12-6-4-7-13-23/h4-17,21,25,30-31H,18-20H2,1-3H3/t25-,30?,31-/m0/s1. The van der Waals surface area contributed by atoms with Crippen molar-refractivity contribution in [2.75, 3.05) is 0 Å². The molecule has 194 valence electrons. The van der Waals surface area contributed by atoms with E-state index < -0.39 is 11.8 Å². The largest absolute Gasteiger partial charge is 0.489 e. The predicted octanol–water partition coefficient (Wildman–Crippen LogP) is 6.79. The molecule has 0 amide bonds. The molecule has 3 atom stereocenters. The van der Waals surface area contributed by atoms with Gasteiger partial charge in [0.15, 0.2) is 5.78 Å². The van der Waals surface area contributed by atoms with E-state index in [1.807, 2.05) is 93.6 Å². The fourth-order valence-electron chi connectivity index (χ4n) is 5.57. The Morgan fingerprint density at radius 3 is 2.29 bits per heavy atom. The smallest absolute Gasteiger partial charge is 0.315 e. The second-order valence-electron chi connectivity index (χ2n) is 10.3. The van der Waals surface area contributed by atoms with Crippen molar-refractivity contribution in [3.05, 3.63) is 113 Å². The highest BCUT2D eigenvalue weighted by molar-refractivity contribution is 6.09. The lowest BCUT2D eigenvalue weighted by atomic mass is 9.69. The van der Waals surface area contributed by atoms with E-state index in [1.165, 1.54) is 0 Å². The van der Waals surface area contributed by atoms with Crippen molar-refractivity contribution in [1.82, 2.24) is 0 Å². The zero-order chi connectivity index (χ0) is 26.6. The number of rotatable bonds is 7. The summed E-state index contributed by atoms with van der Waals surface area (Å²) in [5.41, 5.74) is 5.03. The maximum Gasteiger partial charge on any atom is 0.315 e. The van der Waals surface area contributed by atoms with Crippen LogP contribution in [0.25, 0.3) is 0 Å². The van der Waals surface area contributed by atoms with E-state index in [-0.39, 0.29) is 23.8 Å². The van der Waals surface area contributed by atoms with Crippen LogP contribution in [-0.4, -0.2) is 23.6 Å². The van der Waals surface area contributed by atoms with Gasteiger partial charge in [-0.15, -0.1) is 0 Å². The summed E-state index contributed by atoms with van der Waals surface area (Å²) in [5.74, 6) is -0.846. The molecule has 0 radical (unpaired) electrons. The van der Waals surface area contributed by atoms with E-state index in [2.05, 4.69) is 12.1 Å². The van der Waals surface area contributed by atoms with Gasteiger partial charge in [-0.25, -0.2) is 0 Å². The molecule has 1 unspecified atom stereocenters. The molecule has 1 aliphatic carbocycles. The summed E-state index contributed by atoms with van der Waals surface area (Å²) in [4.78, 5) is 32.2. The lowest BCUT2D eigenvalue weighted by Gasteiger charge is -2.37. The zero-order valence-electron chi connectivity index (χ0n) is 22.1. The van der Waals surface area contributed by atoms with E-state index in [1.54, 1.807) is 0 Å². The molecule has 1 heterocycles. The molecular formula is C33H33NO4. The molecule has 0 aromatic heterocycles. The van der Waals surface area contributed by atoms with Crippen LogP contribution in [0.3, 0.4) is 0 Å². The number of ketones is 1. The molecule has 0 bridgehead atoms. The first-order valence-electron chi connectivity index (χ1n) is 13.2. The molecule has 3 aromatic carbocycles. The number of para-hydroxylation sites is 1. The molecule has 5 nitrogen and oxygen atoms in total. The van der Waals surface area contributed by atoms with Gasteiger partial charge in [-0.3, -0.25) is 14.6 Å². The highest BCUT2D eigenvalue weighted by Gasteiger charge is 2.45. The molecular weight excluding hydrogens is 474 g/mol. The molecule has 0 N–H and O–H groups in total. The van der Waals surface area contributed by atoms with Crippen LogP contribution in [0, 0.1) is 5.92 Å². The first-order valence-corrected chi connectivity index (χ1v) is 13.2. The van der Waals surface area contributed by atoms with Gasteiger partial charge in [0.1, 0.15) is 18.3 Å². The van der Waals surface area contributed by atoms with Gasteiger partial charge in [0.05, 0.1) is 6.10 Å². The number of nitrogens with zero attached hydrogens (tertiary/aromatic N) is 1. The molecule has 38 heavy (non-hydrogen) atoms. The van der Waals surface area contributed by atoms with E-state index in [0.717, 1.165) is 22.4 Å². The SMILES string of the molecule is CC1=NC2=C(C(=O)C[C@@H](c3ccccc3)C2)[C@@H](c2ccccc2OCc2ccccc2)C1C(=O)OC(C)C. The summed E-state index contributed by atoms with van der Waals surface area (Å²) in [6, 6.07) is 27.8. The van der Waals surface area contributed by atoms with Crippen LogP contribution in [0.5, 0.6) is 5.75 Å². The lowest BCUT2D eigenvalue weighted by molar-refractivity contribution is -0.150. The van der Waals surface area contributed by atoms with Crippen molar-refractivity contribution >= 4 is 17.5 Å². The normalized spacial score (nSPS) is 21.1. The Morgan fingerprint density at radius 2 is 1.58 bits per heavy atom. The number of ether oxygens (including phenoxy) is 2. The van der Waals surface area contributed by atoms with Crippen LogP contribution in [0.15, 0.2) is 101 Å². The molecule has 3 aromatic rings. The van der Waals surface area contributed by atoms with Crippen molar-refractivity contribution in [3.63, 3.8) is 0 Å². The van der Waals surface area contributed by atoms with Crippen molar-refractivity contribution < 1.29 is 19.1 Å². The second kappa shape index (κ2) is 11.2. The Hall–Kier alpha value is -3.99. The third kappa shape index (κ3) is 5.33. The Balaban J connectivity index is 1.57. The van der Waals surface area contributed by atoms with Crippen molar-refractivity contribution in [1.29, 1.82) is 0 Å². The van der Waals surface area contributed by atoms with Crippen LogP contribution in [0.4, 0.5) is 0 Å². The molecule has 2 aliphatic rings. The zero-order valence-corrected chi connectivity index (χ0v) is 22.1. The number of hydrogen-bond donors (Lipinski definition) is 0. The summed E-state index contributed by atoms with van der Waals surface area (Å²) in [6.07, 6.45) is 0.755. The molecule has 0 saturated heterocycles. The number of benzene rings is 3. The third-order valence-electron chi connectivity index (χ3n) is 7.26. The average Bonchev–Trinajstić information content (AvgIpc) is 2.92. The molecule has 5 heteroatoms. The fourth-order valence-corrected chi connectivity index (χ4v) is 5.57. The maximum atomic E-state index is 13.9. The van der Waals surface area contributed by atoms with Crippen LogP contribution < -0.4 is 4.74 Å². The summed E-state index contributed by atoms with van der Waals surface area (Å²) in [7, 11) is 0. The van der Waals surface area contributed by atoms with Gasteiger partial charge in [0.25, 0.3) is 0 Å². The number of carbonyl (C=O) groups is 2. The van der Waals surface area contributed by atoms with E-state index >= 15 is 0 Å². The quantitative estimate of drug-likeness (QED) is 0.330. The Kier molecular flexibility index (Phi) is 7.54. The van der Waals surface area contributed by atoms with Gasteiger partial charge < -0.3 is 9.47 Å². The molecule has 1 aliphatic heterocycles.